The molecular weight excluding hydrogens is 564 g/mol. The van der Waals surface area contributed by atoms with E-state index in [0.717, 1.165) is 5.56 Å². The van der Waals surface area contributed by atoms with E-state index in [9.17, 15) is 9.59 Å². The van der Waals surface area contributed by atoms with Gasteiger partial charge in [0, 0.05) is 55.6 Å². The number of halogens is 2. The lowest BCUT2D eigenvalue weighted by Crippen LogP contribution is -2.58. The number of nitrogens with one attached hydrogen (secondary N) is 1. The Morgan fingerprint density at radius 2 is 2.00 bits per heavy atom. The minimum Gasteiger partial charge on any atom is -0.385 e. The van der Waals surface area contributed by atoms with Crippen LogP contribution in [0.15, 0.2) is 53.6 Å². The average Bonchev–Trinajstić information content (AvgIpc) is 2.99. The highest BCUT2D eigenvalue weighted by Crippen LogP contribution is 2.36. The number of allylic oxidation sites excluding steroid dienone is 3. The molecule has 230 valence electrons. The predicted molar refractivity (Wildman–Crippen MR) is 167 cm³/mol. The summed E-state index contributed by atoms with van der Waals surface area (Å²) in [6.07, 6.45) is 6.47. The number of aromatic nitrogens is 4. The first kappa shape index (κ1) is 29.7. The molecule has 2 aliphatic heterocycles. The zero-order valence-corrected chi connectivity index (χ0v) is 25.5. The van der Waals surface area contributed by atoms with Crippen LogP contribution in [0.2, 0.25) is 0 Å². The first-order chi connectivity index (χ1) is 21.1. The molecule has 1 N–H and O–H groups in total. The molecule has 3 aromatic rings. The van der Waals surface area contributed by atoms with Crippen LogP contribution >= 0.6 is 0 Å². The third-order valence-electron chi connectivity index (χ3n) is 8.75. The van der Waals surface area contributed by atoms with Gasteiger partial charge in [-0.3, -0.25) is 9.78 Å². The molecule has 2 bridgehead atoms. The smallest absolute Gasteiger partial charge is 0.355 e. The van der Waals surface area contributed by atoms with E-state index in [2.05, 4.69) is 21.9 Å². The fourth-order valence-electron chi connectivity index (χ4n) is 6.57. The number of rotatable bonds is 3. The van der Waals surface area contributed by atoms with E-state index in [4.69, 9.17) is 4.98 Å². The molecule has 0 spiro atoms. The quantitative estimate of drug-likeness (QED) is 0.439. The summed E-state index contributed by atoms with van der Waals surface area (Å²) < 4.78 is 33.3. The standard InChI is InChI=1S/C33H37F2N7O2/c1-6-26(43)40-16-20(5)41(17-19(40)4)31-22-15-24(35)29-27-23(34)10-7-11-25(27)36-13-8-9-21-12-14-37-28(18(2)3)30(21)42(32(22)38-29)33(44)39-31/h6-7,11-12,14-15,18-20,23,36H,1,8-10,13,16-17H2,2-5H3/t19-,20+,23?/m1/s1. The van der Waals surface area contributed by atoms with Crippen molar-refractivity contribution in [2.75, 3.05) is 24.5 Å². The number of carbonyl (C=O) groups excluding carboxylic acids is 1. The summed E-state index contributed by atoms with van der Waals surface area (Å²) in [7, 11) is 0. The lowest BCUT2D eigenvalue weighted by Gasteiger charge is -2.44. The summed E-state index contributed by atoms with van der Waals surface area (Å²) >= 11 is 0. The van der Waals surface area contributed by atoms with Crippen LogP contribution in [-0.2, 0) is 11.2 Å². The summed E-state index contributed by atoms with van der Waals surface area (Å²) in [4.78, 5) is 44.4. The topological polar surface area (TPSA) is 96.3 Å². The van der Waals surface area contributed by atoms with Gasteiger partial charge in [0.15, 0.2) is 5.65 Å². The number of alkyl halides is 1. The van der Waals surface area contributed by atoms with Gasteiger partial charge in [0.2, 0.25) is 5.91 Å². The second-order valence-electron chi connectivity index (χ2n) is 12.1. The van der Waals surface area contributed by atoms with Gasteiger partial charge in [0.25, 0.3) is 0 Å². The minimum absolute atomic E-state index is 0.0399. The van der Waals surface area contributed by atoms with Crippen molar-refractivity contribution in [1.82, 2.24) is 29.7 Å². The zero-order chi connectivity index (χ0) is 31.3. The Morgan fingerprint density at radius 3 is 2.75 bits per heavy atom. The van der Waals surface area contributed by atoms with Crippen molar-refractivity contribution in [3.8, 4) is 5.69 Å². The molecule has 3 aromatic heterocycles. The van der Waals surface area contributed by atoms with Crippen molar-refractivity contribution in [3.63, 3.8) is 0 Å². The third-order valence-corrected chi connectivity index (χ3v) is 8.75. The van der Waals surface area contributed by atoms with Gasteiger partial charge >= 0.3 is 5.69 Å². The van der Waals surface area contributed by atoms with Crippen LogP contribution in [0.5, 0.6) is 0 Å². The first-order valence-corrected chi connectivity index (χ1v) is 15.2. The maximum atomic E-state index is 16.2. The fourth-order valence-corrected chi connectivity index (χ4v) is 6.57. The molecule has 0 aromatic carbocycles. The van der Waals surface area contributed by atoms with Crippen LogP contribution in [0.3, 0.4) is 0 Å². The number of hydrogen-bond donors (Lipinski definition) is 1. The van der Waals surface area contributed by atoms with Gasteiger partial charge in [-0.25, -0.2) is 23.1 Å². The van der Waals surface area contributed by atoms with Gasteiger partial charge < -0.3 is 15.1 Å². The summed E-state index contributed by atoms with van der Waals surface area (Å²) in [5, 5.41) is 3.63. The monoisotopic (exact) mass is 601 g/mol. The molecule has 3 atom stereocenters. The Balaban J connectivity index is 1.67. The lowest BCUT2D eigenvalue weighted by molar-refractivity contribution is -0.128. The Hall–Kier alpha value is -4.41. The van der Waals surface area contributed by atoms with Crippen LogP contribution in [0.1, 0.15) is 63.4 Å². The molecule has 1 aliphatic carbocycles. The normalized spacial score (nSPS) is 21.9. The number of carbonyl (C=O) groups is 1. The summed E-state index contributed by atoms with van der Waals surface area (Å²) in [6, 6.07) is 2.75. The number of anilines is 1. The van der Waals surface area contributed by atoms with E-state index < -0.39 is 17.7 Å². The molecule has 44 heavy (non-hydrogen) atoms. The van der Waals surface area contributed by atoms with Crippen LogP contribution in [0.25, 0.3) is 22.3 Å². The van der Waals surface area contributed by atoms with Crippen LogP contribution < -0.4 is 15.9 Å². The molecule has 3 aliphatic rings. The van der Waals surface area contributed by atoms with Crippen LogP contribution in [-0.4, -0.2) is 68.2 Å². The maximum absolute atomic E-state index is 16.2. The lowest BCUT2D eigenvalue weighted by atomic mass is 9.95. The highest BCUT2D eigenvalue weighted by molar-refractivity contribution is 5.91. The van der Waals surface area contributed by atoms with Crippen molar-refractivity contribution in [1.29, 1.82) is 0 Å². The number of aryl methyl sites for hydroxylation is 1. The van der Waals surface area contributed by atoms with E-state index >= 15 is 8.78 Å². The molecule has 1 fully saturated rings. The predicted octanol–water partition coefficient (Wildman–Crippen LogP) is 4.59. The van der Waals surface area contributed by atoms with Gasteiger partial charge in [-0.2, -0.15) is 4.98 Å². The number of pyridine rings is 2. The number of fused-ring (bicyclic) bond motifs is 4. The molecule has 9 nitrogen and oxygen atoms in total. The second kappa shape index (κ2) is 11.6. The molecule has 6 rings (SSSR count). The number of piperazine rings is 1. The Kier molecular flexibility index (Phi) is 7.81. The molecule has 1 amide bonds. The minimum atomic E-state index is -1.47. The van der Waals surface area contributed by atoms with Crippen molar-refractivity contribution < 1.29 is 13.6 Å². The molecule has 0 radical (unpaired) electrons. The summed E-state index contributed by atoms with van der Waals surface area (Å²) in [5.74, 6) is -0.643. The van der Waals surface area contributed by atoms with Gasteiger partial charge in [-0.05, 0) is 62.5 Å². The summed E-state index contributed by atoms with van der Waals surface area (Å²) in [6.45, 7) is 12.7. The largest absolute Gasteiger partial charge is 0.385 e. The second-order valence-corrected chi connectivity index (χ2v) is 12.1. The van der Waals surface area contributed by atoms with E-state index in [1.165, 1.54) is 16.7 Å². The molecular formula is C33H37F2N7O2. The van der Waals surface area contributed by atoms with E-state index in [0.29, 0.717) is 54.9 Å². The summed E-state index contributed by atoms with van der Waals surface area (Å²) in [5.41, 5.74) is 2.27. The van der Waals surface area contributed by atoms with E-state index in [1.54, 1.807) is 23.2 Å². The number of hydrogen-bond acceptors (Lipinski definition) is 7. The molecule has 1 saturated heterocycles. The van der Waals surface area contributed by atoms with Gasteiger partial charge in [-0.15, -0.1) is 0 Å². The molecule has 11 heteroatoms. The number of amides is 1. The first-order valence-electron chi connectivity index (χ1n) is 15.2. The molecule has 5 heterocycles. The fraction of sp³-hybridized carbons (Fsp3) is 0.424. The van der Waals surface area contributed by atoms with Gasteiger partial charge in [0.1, 0.15) is 23.5 Å². The maximum Gasteiger partial charge on any atom is 0.355 e. The zero-order valence-electron chi connectivity index (χ0n) is 25.5. The highest BCUT2D eigenvalue weighted by Gasteiger charge is 2.35. The van der Waals surface area contributed by atoms with Crippen LogP contribution in [0, 0.1) is 5.82 Å². The Bertz CT molecular complexity index is 1780. The van der Waals surface area contributed by atoms with Crippen LogP contribution in [0.4, 0.5) is 14.6 Å². The van der Waals surface area contributed by atoms with Gasteiger partial charge in [-0.1, -0.05) is 26.5 Å². The van der Waals surface area contributed by atoms with E-state index in [1.807, 2.05) is 38.7 Å². The third kappa shape index (κ3) is 4.97. The SMILES string of the molecule is C=CC(=O)N1C[C@H](C)N(c2nc(=O)n3c4nc(c(F)cc24)C2=C(C=CCC2F)NCCCc2ccnc(C(C)C)c2-3)C[C@H]1C. The van der Waals surface area contributed by atoms with Gasteiger partial charge in [0.05, 0.1) is 16.8 Å². The van der Waals surface area contributed by atoms with Crippen molar-refractivity contribution in [2.45, 2.75) is 71.1 Å². The molecule has 1 unspecified atom stereocenters. The van der Waals surface area contributed by atoms with Crippen molar-refractivity contribution in [2.24, 2.45) is 0 Å². The number of nitrogens with zero attached hydrogens (tertiary/aromatic N) is 6. The highest BCUT2D eigenvalue weighted by atomic mass is 19.1. The molecule has 0 saturated carbocycles. The van der Waals surface area contributed by atoms with E-state index in [-0.39, 0.29) is 53.1 Å². The van der Waals surface area contributed by atoms with Crippen molar-refractivity contribution >= 4 is 28.3 Å². The Labute approximate surface area is 255 Å². The Morgan fingerprint density at radius 1 is 1.20 bits per heavy atom. The average molecular weight is 602 g/mol. The van der Waals surface area contributed by atoms with Crippen molar-refractivity contribution in [3.05, 3.63) is 82.1 Å².